The number of allylic oxidation sites excluding steroid dienone is 2. The number of methoxy groups -OCH3 is 1. The second-order valence-electron chi connectivity index (χ2n) is 6.63. The first-order chi connectivity index (χ1) is 11.7. The second kappa shape index (κ2) is 5.82. The predicted octanol–water partition coefficient (Wildman–Crippen LogP) is 4.61. The Hall–Kier alpha value is -2.55. The lowest BCUT2D eigenvalue weighted by Gasteiger charge is -2.38. The van der Waals surface area contributed by atoms with Crippen LogP contribution in [0.15, 0.2) is 54.6 Å². The number of para-hydroxylation sites is 1. The van der Waals surface area contributed by atoms with E-state index >= 15 is 0 Å². The van der Waals surface area contributed by atoms with Crippen molar-refractivity contribution in [3.63, 3.8) is 0 Å². The molecule has 2 aromatic rings. The molecule has 1 N–H and O–H groups in total. The summed E-state index contributed by atoms with van der Waals surface area (Å²) in [7, 11) is 1.41. The van der Waals surface area contributed by atoms with Gasteiger partial charge in [0.1, 0.15) is 0 Å². The van der Waals surface area contributed by atoms with E-state index in [-0.39, 0.29) is 12.0 Å². The molecule has 4 rings (SSSR count). The van der Waals surface area contributed by atoms with Crippen molar-refractivity contribution in [3.8, 4) is 0 Å². The first kappa shape index (κ1) is 15.0. The van der Waals surface area contributed by atoms with Gasteiger partial charge < -0.3 is 10.1 Å². The normalized spacial score (nSPS) is 24.0. The first-order valence-electron chi connectivity index (χ1n) is 8.40. The van der Waals surface area contributed by atoms with Crippen molar-refractivity contribution in [2.45, 2.75) is 25.3 Å². The van der Waals surface area contributed by atoms with Gasteiger partial charge in [0.2, 0.25) is 0 Å². The molecular weight excluding hydrogens is 298 g/mol. The van der Waals surface area contributed by atoms with E-state index < -0.39 is 0 Å². The number of hydrogen-bond acceptors (Lipinski definition) is 3. The van der Waals surface area contributed by atoms with E-state index in [0.717, 1.165) is 6.42 Å². The van der Waals surface area contributed by atoms with Crippen molar-refractivity contribution in [1.82, 2.24) is 0 Å². The Labute approximate surface area is 142 Å². The van der Waals surface area contributed by atoms with E-state index in [2.05, 4.69) is 42.6 Å². The highest BCUT2D eigenvalue weighted by Crippen LogP contribution is 2.50. The molecule has 2 aliphatic rings. The SMILES string of the molecule is COC(=O)c1ccc([C@H]2Nc3c(C)cccc3C3C=CCC32)cc1. The minimum atomic E-state index is -0.292. The van der Waals surface area contributed by atoms with Crippen molar-refractivity contribution in [3.05, 3.63) is 76.9 Å². The molecule has 3 atom stereocenters. The fourth-order valence-electron chi connectivity index (χ4n) is 4.05. The van der Waals surface area contributed by atoms with Crippen LogP contribution in [-0.2, 0) is 4.74 Å². The van der Waals surface area contributed by atoms with Crippen molar-refractivity contribution in [1.29, 1.82) is 0 Å². The number of aryl methyl sites for hydroxylation is 1. The number of anilines is 1. The van der Waals surface area contributed by atoms with Crippen LogP contribution >= 0.6 is 0 Å². The third kappa shape index (κ3) is 2.32. The summed E-state index contributed by atoms with van der Waals surface area (Å²) in [6.45, 7) is 2.15. The molecule has 122 valence electrons. The molecule has 2 aromatic carbocycles. The summed E-state index contributed by atoms with van der Waals surface area (Å²) in [6.07, 6.45) is 5.72. The molecule has 24 heavy (non-hydrogen) atoms. The lowest BCUT2D eigenvalue weighted by molar-refractivity contribution is 0.0600. The Bertz CT molecular complexity index is 807. The molecule has 1 heterocycles. The largest absolute Gasteiger partial charge is 0.465 e. The number of rotatable bonds is 2. The standard InChI is InChI=1S/C21H21NO2/c1-13-5-3-7-17-16-6-4-8-18(16)20(22-19(13)17)14-9-11-15(12-10-14)21(23)24-2/h3-7,9-12,16,18,20,22H,8H2,1-2H3/t16?,18?,20-/m1/s1. The monoisotopic (exact) mass is 319 g/mol. The number of ether oxygens (including phenoxy) is 1. The van der Waals surface area contributed by atoms with Crippen LogP contribution in [0.1, 0.15) is 45.4 Å². The van der Waals surface area contributed by atoms with Crippen LogP contribution in [0.4, 0.5) is 5.69 Å². The summed E-state index contributed by atoms with van der Waals surface area (Å²) in [4.78, 5) is 11.6. The zero-order valence-electron chi connectivity index (χ0n) is 14.0. The van der Waals surface area contributed by atoms with Crippen molar-refractivity contribution >= 4 is 11.7 Å². The van der Waals surface area contributed by atoms with Crippen molar-refractivity contribution in [2.75, 3.05) is 12.4 Å². The molecule has 3 nitrogen and oxygen atoms in total. The Morgan fingerprint density at radius 2 is 1.96 bits per heavy atom. The summed E-state index contributed by atoms with van der Waals surface area (Å²) in [6, 6.07) is 14.6. The molecular formula is C21H21NO2. The summed E-state index contributed by atoms with van der Waals surface area (Å²) in [5.41, 5.74) is 5.75. The van der Waals surface area contributed by atoms with Crippen LogP contribution in [0.2, 0.25) is 0 Å². The molecule has 2 unspecified atom stereocenters. The number of esters is 1. The molecule has 0 spiro atoms. The number of fused-ring (bicyclic) bond motifs is 3. The molecule has 1 aliphatic heterocycles. The topological polar surface area (TPSA) is 38.3 Å². The fourth-order valence-corrected chi connectivity index (χ4v) is 4.05. The molecule has 0 saturated heterocycles. The van der Waals surface area contributed by atoms with Gasteiger partial charge >= 0.3 is 5.97 Å². The Morgan fingerprint density at radius 3 is 2.71 bits per heavy atom. The average molecular weight is 319 g/mol. The van der Waals surface area contributed by atoms with Gasteiger partial charge in [-0.3, -0.25) is 0 Å². The van der Waals surface area contributed by atoms with Crippen LogP contribution in [0.25, 0.3) is 0 Å². The van der Waals surface area contributed by atoms with Gasteiger partial charge in [-0.05, 0) is 48.1 Å². The highest BCUT2D eigenvalue weighted by Gasteiger charge is 2.38. The smallest absolute Gasteiger partial charge is 0.337 e. The van der Waals surface area contributed by atoms with Gasteiger partial charge in [-0.15, -0.1) is 0 Å². The maximum Gasteiger partial charge on any atom is 0.337 e. The fraction of sp³-hybridized carbons (Fsp3) is 0.286. The molecule has 0 radical (unpaired) electrons. The third-order valence-corrected chi connectivity index (χ3v) is 5.30. The van der Waals surface area contributed by atoms with E-state index in [9.17, 15) is 4.79 Å². The quantitative estimate of drug-likeness (QED) is 0.649. The summed E-state index contributed by atoms with van der Waals surface area (Å²) < 4.78 is 4.79. The highest BCUT2D eigenvalue weighted by molar-refractivity contribution is 5.89. The van der Waals surface area contributed by atoms with Gasteiger partial charge in [0.15, 0.2) is 0 Å². The van der Waals surface area contributed by atoms with Crippen LogP contribution in [0.3, 0.4) is 0 Å². The lowest BCUT2D eigenvalue weighted by atomic mass is 9.76. The average Bonchev–Trinajstić information content (AvgIpc) is 3.11. The summed E-state index contributed by atoms with van der Waals surface area (Å²) in [5, 5.41) is 3.76. The molecule has 1 aliphatic carbocycles. The van der Waals surface area contributed by atoms with Crippen LogP contribution < -0.4 is 5.32 Å². The Balaban J connectivity index is 1.71. The highest BCUT2D eigenvalue weighted by atomic mass is 16.5. The van der Waals surface area contributed by atoms with Gasteiger partial charge in [0.25, 0.3) is 0 Å². The molecule has 0 aromatic heterocycles. The lowest BCUT2D eigenvalue weighted by Crippen LogP contribution is -2.29. The minimum absolute atomic E-state index is 0.255. The van der Waals surface area contributed by atoms with E-state index in [1.165, 1.54) is 29.5 Å². The van der Waals surface area contributed by atoms with Crippen LogP contribution in [0, 0.1) is 12.8 Å². The van der Waals surface area contributed by atoms with Crippen LogP contribution in [-0.4, -0.2) is 13.1 Å². The summed E-state index contributed by atoms with van der Waals surface area (Å²) >= 11 is 0. The number of carbonyl (C=O) groups excluding carboxylic acids is 1. The first-order valence-corrected chi connectivity index (χ1v) is 8.40. The molecule has 0 amide bonds. The van der Waals surface area contributed by atoms with Crippen molar-refractivity contribution in [2.24, 2.45) is 5.92 Å². The van der Waals surface area contributed by atoms with Gasteiger partial charge in [0, 0.05) is 11.6 Å². The number of benzene rings is 2. The minimum Gasteiger partial charge on any atom is -0.465 e. The maximum atomic E-state index is 11.6. The third-order valence-electron chi connectivity index (χ3n) is 5.30. The van der Waals surface area contributed by atoms with Gasteiger partial charge in [-0.25, -0.2) is 4.79 Å². The van der Waals surface area contributed by atoms with Gasteiger partial charge in [-0.2, -0.15) is 0 Å². The van der Waals surface area contributed by atoms with E-state index in [4.69, 9.17) is 4.74 Å². The second-order valence-corrected chi connectivity index (χ2v) is 6.63. The molecule has 0 fully saturated rings. The number of nitrogens with one attached hydrogen (secondary N) is 1. The summed E-state index contributed by atoms with van der Waals surface area (Å²) in [5.74, 6) is 0.689. The van der Waals surface area contributed by atoms with Crippen molar-refractivity contribution < 1.29 is 9.53 Å². The van der Waals surface area contributed by atoms with Gasteiger partial charge in [-0.1, -0.05) is 42.5 Å². The van der Waals surface area contributed by atoms with E-state index in [1.807, 2.05) is 24.3 Å². The Kier molecular flexibility index (Phi) is 3.64. The van der Waals surface area contributed by atoms with Crippen LogP contribution in [0.5, 0.6) is 0 Å². The van der Waals surface area contributed by atoms with E-state index in [1.54, 1.807) is 0 Å². The molecule has 0 saturated carbocycles. The predicted molar refractivity (Wildman–Crippen MR) is 95.3 cm³/mol. The Morgan fingerprint density at radius 1 is 1.17 bits per heavy atom. The molecule has 0 bridgehead atoms. The molecule has 3 heteroatoms. The number of carbonyl (C=O) groups is 1. The zero-order valence-corrected chi connectivity index (χ0v) is 14.0. The number of hydrogen-bond donors (Lipinski definition) is 1. The van der Waals surface area contributed by atoms with E-state index in [0.29, 0.717) is 17.4 Å². The van der Waals surface area contributed by atoms with Gasteiger partial charge in [0.05, 0.1) is 18.7 Å². The zero-order chi connectivity index (χ0) is 16.7. The maximum absolute atomic E-state index is 11.6.